The molecule has 0 aliphatic rings. The van der Waals surface area contributed by atoms with Gasteiger partial charge < -0.3 is 0 Å². The number of hydrogen-bond acceptors (Lipinski definition) is 2. The highest BCUT2D eigenvalue weighted by Gasteiger charge is 1.86. The van der Waals surface area contributed by atoms with E-state index in [4.69, 9.17) is 5.26 Å². The van der Waals surface area contributed by atoms with E-state index in [2.05, 4.69) is 11.5 Å². The third kappa shape index (κ3) is 1.93. The van der Waals surface area contributed by atoms with Crippen LogP contribution >= 0.6 is 0 Å². The van der Waals surface area contributed by atoms with Gasteiger partial charge in [-0.15, -0.1) is 6.58 Å². The van der Waals surface area contributed by atoms with E-state index in [9.17, 15) is 0 Å². The molecule has 6 heavy (non-hydrogen) atoms. The minimum atomic E-state index is -0.245. The highest BCUT2D eigenvalue weighted by molar-refractivity contribution is 4.73. The lowest BCUT2D eigenvalue weighted by Crippen LogP contribution is -1.97. The first-order valence-corrected chi connectivity index (χ1v) is 1.74. The van der Waals surface area contributed by atoms with E-state index in [1.165, 1.54) is 6.08 Å². The van der Waals surface area contributed by atoms with Gasteiger partial charge in [-0.1, -0.05) is 6.08 Å². The van der Waals surface area contributed by atoms with Crippen LogP contribution in [0.25, 0.3) is 0 Å². The van der Waals surface area contributed by atoms with E-state index in [-0.39, 0.29) is 6.10 Å². The van der Waals surface area contributed by atoms with Crippen molar-refractivity contribution < 1.29 is 10.1 Å². The van der Waals surface area contributed by atoms with Crippen molar-refractivity contribution in [2.45, 2.75) is 13.0 Å². The number of rotatable bonds is 2. The average molecular weight is 88.1 g/mol. The maximum absolute atomic E-state index is 7.76. The molecule has 0 aromatic carbocycles. The summed E-state index contributed by atoms with van der Waals surface area (Å²) >= 11 is 0. The molecule has 0 unspecified atom stereocenters. The first kappa shape index (κ1) is 5.66. The summed E-state index contributed by atoms with van der Waals surface area (Å²) in [5.74, 6) is 0. The Bertz CT molecular complexity index is 42.8. The summed E-state index contributed by atoms with van der Waals surface area (Å²) in [7, 11) is 0. The van der Waals surface area contributed by atoms with Crippen LogP contribution in [0.1, 0.15) is 6.92 Å². The molecule has 2 nitrogen and oxygen atoms in total. The molecule has 36 valence electrons. The quantitative estimate of drug-likeness (QED) is 0.310. The lowest BCUT2D eigenvalue weighted by molar-refractivity contribution is -0.261. The molecule has 0 saturated heterocycles. The zero-order valence-electron chi connectivity index (χ0n) is 3.72. The topological polar surface area (TPSA) is 29.5 Å². The van der Waals surface area contributed by atoms with Gasteiger partial charge in [0.05, 0.1) is 0 Å². The second kappa shape index (κ2) is 2.87. The van der Waals surface area contributed by atoms with Crippen molar-refractivity contribution >= 4 is 0 Å². The van der Waals surface area contributed by atoms with Crippen LogP contribution in [0.2, 0.25) is 0 Å². The second-order valence-electron chi connectivity index (χ2n) is 1.05. The fraction of sp³-hybridized carbons (Fsp3) is 0.500. The van der Waals surface area contributed by atoms with Crippen LogP contribution in [0.15, 0.2) is 12.7 Å². The summed E-state index contributed by atoms with van der Waals surface area (Å²) in [5, 5.41) is 7.76. The largest absolute Gasteiger partial charge is 0.251 e. The predicted octanol–water partition coefficient (Wildman–Crippen LogP) is 1.05. The van der Waals surface area contributed by atoms with Crippen molar-refractivity contribution in [2.24, 2.45) is 0 Å². The van der Waals surface area contributed by atoms with E-state index < -0.39 is 0 Å². The monoisotopic (exact) mass is 88.1 g/mol. The summed E-state index contributed by atoms with van der Waals surface area (Å²) in [6.07, 6.45) is 1.25. The van der Waals surface area contributed by atoms with Gasteiger partial charge in [0.25, 0.3) is 0 Å². The molecule has 1 N–H and O–H groups in total. The molecule has 0 aromatic rings. The Morgan fingerprint density at radius 2 is 2.50 bits per heavy atom. The summed E-state index contributed by atoms with van der Waals surface area (Å²) in [6.45, 7) is 5.03. The lowest BCUT2D eigenvalue weighted by Gasteiger charge is -1.94. The second-order valence-corrected chi connectivity index (χ2v) is 1.05. The Hall–Kier alpha value is -0.340. The molecule has 0 bridgehead atoms. The van der Waals surface area contributed by atoms with Gasteiger partial charge in [-0.05, 0) is 6.92 Å². The Morgan fingerprint density at radius 1 is 2.00 bits per heavy atom. The molecular weight excluding hydrogens is 80.0 g/mol. The Balaban J connectivity index is 2.96. The molecule has 2 heteroatoms. The first-order valence-electron chi connectivity index (χ1n) is 1.74. The minimum Gasteiger partial charge on any atom is -0.251 e. The molecule has 0 aliphatic heterocycles. The summed E-state index contributed by atoms with van der Waals surface area (Å²) < 4.78 is 0. The van der Waals surface area contributed by atoms with E-state index in [1.807, 2.05) is 0 Å². The molecular formula is C4H8O2. The van der Waals surface area contributed by atoms with Crippen LogP contribution in [-0.4, -0.2) is 11.4 Å². The van der Waals surface area contributed by atoms with Crippen LogP contribution in [0, 0.1) is 0 Å². The van der Waals surface area contributed by atoms with Crippen molar-refractivity contribution in [3.8, 4) is 0 Å². The third-order valence-electron chi connectivity index (χ3n) is 0.498. The molecule has 1 atom stereocenters. The normalized spacial score (nSPS) is 13.7. The fourth-order valence-electron chi connectivity index (χ4n) is 0.0430. The maximum atomic E-state index is 7.76. The van der Waals surface area contributed by atoms with E-state index in [1.54, 1.807) is 6.92 Å². The van der Waals surface area contributed by atoms with E-state index in [0.717, 1.165) is 0 Å². The molecule has 0 saturated carbocycles. The predicted molar refractivity (Wildman–Crippen MR) is 23.4 cm³/mol. The summed E-state index contributed by atoms with van der Waals surface area (Å²) in [5.41, 5.74) is 0. The average Bonchev–Trinajstić information content (AvgIpc) is 1.65. The molecule has 0 amide bonds. The van der Waals surface area contributed by atoms with Gasteiger partial charge in [-0.2, -0.15) is 0 Å². The van der Waals surface area contributed by atoms with Crippen molar-refractivity contribution in [2.75, 3.05) is 0 Å². The maximum Gasteiger partial charge on any atom is 0.108 e. The van der Waals surface area contributed by atoms with Crippen LogP contribution in [-0.2, 0) is 4.89 Å². The molecule has 0 heterocycles. The van der Waals surface area contributed by atoms with Crippen molar-refractivity contribution in [3.63, 3.8) is 0 Å². The van der Waals surface area contributed by atoms with Gasteiger partial charge in [0.1, 0.15) is 6.10 Å². The molecule has 0 fully saturated rings. The summed E-state index contributed by atoms with van der Waals surface area (Å²) in [6, 6.07) is 0. The van der Waals surface area contributed by atoms with Gasteiger partial charge >= 0.3 is 0 Å². The molecule has 0 rings (SSSR count). The van der Waals surface area contributed by atoms with E-state index >= 15 is 0 Å². The Labute approximate surface area is 37.0 Å². The molecule has 0 radical (unpaired) electrons. The standard InChI is InChI=1S/C4H8O2/c1-3-4(2)6-5/h3-5H,1H2,2H3/t4-/m1/s1. The van der Waals surface area contributed by atoms with Gasteiger partial charge in [0.2, 0.25) is 0 Å². The van der Waals surface area contributed by atoms with Crippen molar-refractivity contribution in [3.05, 3.63) is 12.7 Å². The molecule has 0 aliphatic carbocycles. The highest BCUT2D eigenvalue weighted by atomic mass is 17.1. The molecule has 0 aromatic heterocycles. The smallest absolute Gasteiger partial charge is 0.108 e. The highest BCUT2D eigenvalue weighted by Crippen LogP contribution is 1.83. The van der Waals surface area contributed by atoms with Gasteiger partial charge in [-0.25, -0.2) is 4.89 Å². The number of hydrogen-bond donors (Lipinski definition) is 1. The van der Waals surface area contributed by atoms with Gasteiger partial charge in [0.15, 0.2) is 0 Å². The zero-order chi connectivity index (χ0) is 4.99. The van der Waals surface area contributed by atoms with E-state index in [0.29, 0.717) is 0 Å². The third-order valence-corrected chi connectivity index (χ3v) is 0.498. The van der Waals surface area contributed by atoms with Gasteiger partial charge in [-0.3, -0.25) is 5.26 Å². The van der Waals surface area contributed by atoms with Crippen LogP contribution in [0.5, 0.6) is 0 Å². The summed E-state index contributed by atoms with van der Waals surface area (Å²) in [4.78, 5) is 3.78. The SMILES string of the molecule is C=C[C@@H](C)OO. The Morgan fingerprint density at radius 3 is 2.50 bits per heavy atom. The fourth-order valence-corrected chi connectivity index (χ4v) is 0.0430. The van der Waals surface area contributed by atoms with Crippen LogP contribution in [0.4, 0.5) is 0 Å². The molecule has 0 spiro atoms. The first-order chi connectivity index (χ1) is 2.81. The Kier molecular flexibility index (Phi) is 2.71. The van der Waals surface area contributed by atoms with Crippen LogP contribution in [0.3, 0.4) is 0 Å². The van der Waals surface area contributed by atoms with Crippen molar-refractivity contribution in [1.29, 1.82) is 0 Å². The van der Waals surface area contributed by atoms with Crippen LogP contribution < -0.4 is 0 Å². The lowest BCUT2D eigenvalue weighted by atomic mass is 10.4. The zero-order valence-corrected chi connectivity index (χ0v) is 3.72. The van der Waals surface area contributed by atoms with Crippen molar-refractivity contribution in [1.82, 2.24) is 0 Å². The minimum absolute atomic E-state index is 0.245. The van der Waals surface area contributed by atoms with Gasteiger partial charge in [0, 0.05) is 0 Å².